The van der Waals surface area contributed by atoms with Crippen molar-refractivity contribution in [3.05, 3.63) is 29.8 Å². The molecule has 2 heterocycles. The summed E-state index contributed by atoms with van der Waals surface area (Å²) in [5.41, 5.74) is -0.0297. The maximum atomic E-state index is 13.8. The first kappa shape index (κ1) is 30.3. The molecule has 2 saturated heterocycles. The predicted molar refractivity (Wildman–Crippen MR) is 149 cm³/mol. The molecule has 0 spiro atoms. The van der Waals surface area contributed by atoms with Crippen LogP contribution in [0.4, 0.5) is 0 Å². The lowest BCUT2D eigenvalue weighted by Crippen LogP contribution is -2.46. The van der Waals surface area contributed by atoms with Crippen LogP contribution in [0.5, 0.6) is 5.75 Å². The van der Waals surface area contributed by atoms with Crippen molar-refractivity contribution < 1.29 is 33.8 Å². The second kappa shape index (κ2) is 13.8. The standard InChI is InChI=1S/C31H44N2O7/c1-21(15-26(35)19-33-11-13-39-14-12-33)30(38)32-27(17-23-7-9-25(34)10-8-23)28(36)18-24(16-22-5-3-4-6-22)29(37)31(2)20-40-31/h7-10,21-22,24,27,34H,3-6,11-20H2,1-2H3,(H,32,38). The highest BCUT2D eigenvalue weighted by Crippen LogP contribution is 2.37. The summed E-state index contributed by atoms with van der Waals surface area (Å²) in [6.45, 7) is 6.73. The molecule has 4 rings (SSSR count). The first-order chi connectivity index (χ1) is 19.1. The molecular formula is C31H44N2O7. The Bertz CT molecular complexity index is 1040. The van der Waals surface area contributed by atoms with Crippen LogP contribution in [-0.4, -0.2) is 84.4 Å². The minimum absolute atomic E-state index is 0.0223. The molecule has 220 valence electrons. The molecule has 1 aliphatic carbocycles. The Balaban J connectivity index is 1.42. The number of rotatable bonds is 15. The fourth-order valence-electron chi connectivity index (χ4n) is 5.93. The van der Waals surface area contributed by atoms with Gasteiger partial charge in [-0.1, -0.05) is 44.7 Å². The fourth-order valence-corrected chi connectivity index (χ4v) is 5.93. The van der Waals surface area contributed by atoms with Gasteiger partial charge in [0.05, 0.1) is 32.4 Å². The number of hydrogen-bond acceptors (Lipinski definition) is 8. The molecule has 1 aromatic rings. The van der Waals surface area contributed by atoms with Crippen LogP contribution in [0, 0.1) is 17.8 Å². The number of ketones is 3. The molecule has 4 atom stereocenters. The molecule has 0 bridgehead atoms. The van der Waals surface area contributed by atoms with Gasteiger partial charge in [-0.25, -0.2) is 0 Å². The van der Waals surface area contributed by atoms with Gasteiger partial charge in [-0.15, -0.1) is 0 Å². The number of aromatic hydroxyl groups is 1. The molecule has 2 N–H and O–H groups in total. The number of epoxide rings is 1. The van der Waals surface area contributed by atoms with Crippen LogP contribution in [0.1, 0.15) is 64.4 Å². The van der Waals surface area contributed by atoms with Crippen molar-refractivity contribution in [2.75, 3.05) is 39.5 Å². The number of Topliss-reactive ketones (excluding diaryl/α,β-unsaturated/α-hetero) is 3. The van der Waals surface area contributed by atoms with Crippen LogP contribution in [0.25, 0.3) is 0 Å². The van der Waals surface area contributed by atoms with Crippen molar-refractivity contribution in [2.24, 2.45) is 17.8 Å². The largest absolute Gasteiger partial charge is 0.508 e. The minimum Gasteiger partial charge on any atom is -0.508 e. The fraction of sp³-hybridized carbons (Fsp3) is 0.677. The molecule has 1 aromatic carbocycles. The van der Waals surface area contributed by atoms with E-state index in [4.69, 9.17) is 9.47 Å². The van der Waals surface area contributed by atoms with Gasteiger partial charge in [0.2, 0.25) is 5.91 Å². The van der Waals surface area contributed by atoms with Gasteiger partial charge < -0.3 is 19.9 Å². The molecule has 2 aliphatic heterocycles. The lowest BCUT2D eigenvalue weighted by Gasteiger charge is -2.26. The Morgan fingerprint density at radius 3 is 2.35 bits per heavy atom. The van der Waals surface area contributed by atoms with E-state index < -0.39 is 23.5 Å². The number of nitrogens with zero attached hydrogens (tertiary/aromatic N) is 1. The summed E-state index contributed by atoms with van der Waals surface area (Å²) in [7, 11) is 0. The monoisotopic (exact) mass is 556 g/mol. The van der Waals surface area contributed by atoms with Gasteiger partial charge in [0.1, 0.15) is 17.1 Å². The maximum absolute atomic E-state index is 13.8. The molecule has 1 saturated carbocycles. The van der Waals surface area contributed by atoms with E-state index in [2.05, 4.69) is 5.32 Å². The minimum atomic E-state index is -0.847. The third-order valence-corrected chi connectivity index (χ3v) is 8.58. The second-order valence-corrected chi connectivity index (χ2v) is 12.1. The SMILES string of the molecule is CC(CC(=O)CN1CCOCC1)C(=O)NC(Cc1ccc(O)cc1)C(=O)CC(CC1CCCC1)C(=O)C1(C)CO1. The normalized spacial score (nSPS) is 23.8. The van der Waals surface area contributed by atoms with Crippen LogP contribution >= 0.6 is 0 Å². The average molecular weight is 557 g/mol. The third-order valence-electron chi connectivity index (χ3n) is 8.58. The lowest BCUT2D eigenvalue weighted by molar-refractivity contribution is -0.134. The molecule has 3 fully saturated rings. The zero-order valence-electron chi connectivity index (χ0n) is 23.9. The summed E-state index contributed by atoms with van der Waals surface area (Å²) in [4.78, 5) is 55.0. The molecule has 4 unspecified atom stereocenters. The van der Waals surface area contributed by atoms with E-state index in [1.165, 1.54) is 0 Å². The van der Waals surface area contributed by atoms with E-state index >= 15 is 0 Å². The quantitative estimate of drug-likeness (QED) is 0.316. The highest BCUT2D eigenvalue weighted by Gasteiger charge is 2.50. The number of morpholine rings is 1. The zero-order valence-corrected chi connectivity index (χ0v) is 23.9. The van der Waals surface area contributed by atoms with Gasteiger partial charge in [-0.3, -0.25) is 24.1 Å². The van der Waals surface area contributed by atoms with Gasteiger partial charge in [0.15, 0.2) is 11.6 Å². The Hall–Kier alpha value is -2.62. The van der Waals surface area contributed by atoms with E-state index in [1.807, 2.05) is 4.90 Å². The molecule has 40 heavy (non-hydrogen) atoms. The van der Waals surface area contributed by atoms with Crippen LogP contribution in [0.15, 0.2) is 24.3 Å². The Labute approximate surface area is 237 Å². The predicted octanol–water partition coefficient (Wildman–Crippen LogP) is 2.86. The number of amides is 1. The molecule has 0 radical (unpaired) electrons. The molecule has 0 aromatic heterocycles. The average Bonchev–Trinajstić information content (AvgIpc) is 3.47. The lowest BCUT2D eigenvalue weighted by atomic mass is 9.81. The van der Waals surface area contributed by atoms with E-state index in [0.717, 1.165) is 31.2 Å². The third kappa shape index (κ3) is 8.69. The number of phenols is 1. The zero-order chi connectivity index (χ0) is 28.7. The van der Waals surface area contributed by atoms with Crippen molar-refractivity contribution in [1.29, 1.82) is 0 Å². The van der Waals surface area contributed by atoms with Crippen molar-refractivity contribution in [1.82, 2.24) is 10.2 Å². The van der Waals surface area contributed by atoms with E-state index in [0.29, 0.717) is 45.2 Å². The Morgan fingerprint density at radius 1 is 1.07 bits per heavy atom. The summed E-state index contributed by atoms with van der Waals surface area (Å²) in [6, 6.07) is 5.68. The highest BCUT2D eigenvalue weighted by molar-refractivity contribution is 5.97. The Kier molecular flexibility index (Phi) is 10.5. The van der Waals surface area contributed by atoms with Crippen LogP contribution in [0.2, 0.25) is 0 Å². The molecule has 9 heteroatoms. The van der Waals surface area contributed by atoms with Crippen LogP contribution in [-0.2, 0) is 35.1 Å². The summed E-state index contributed by atoms with van der Waals surface area (Å²) in [5.74, 6) is -1.12. The first-order valence-electron chi connectivity index (χ1n) is 14.7. The van der Waals surface area contributed by atoms with Crippen molar-refractivity contribution >= 4 is 23.3 Å². The van der Waals surface area contributed by atoms with Crippen molar-refractivity contribution in [2.45, 2.75) is 76.9 Å². The summed E-state index contributed by atoms with van der Waals surface area (Å²) in [5, 5.41) is 12.6. The number of carbonyl (C=O) groups is 4. The number of ether oxygens (including phenoxy) is 2. The highest BCUT2D eigenvalue weighted by atomic mass is 16.6. The van der Waals surface area contributed by atoms with E-state index in [-0.39, 0.29) is 54.8 Å². The van der Waals surface area contributed by atoms with E-state index in [1.54, 1.807) is 38.1 Å². The summed E-state index contributed by atoms with van der Waals surface area (Å²) < 4.78 is 10.8. The number of carbonyl (C=O) groups excluding carboxylic acids is 4. The van der Waals surface area contributed by atoms with Crippen molar-refractivity contribution in [3.63, 3.8) is 0 Å². The number of phenolic OH excluding ortho intramolecular Hbond substituents is 1. The van der Waals surface area contributed by atoms with Gasteiger partial charge in [0, 0.05) is 37.8 Å². The van der Waals surface area contributed by atoms with Gasteiger partial charge in [-0.2, -0.15) is 0 Å². The topological polar surface area (TPSA) is 126 Å². The summed E-state index contributed by atoms with van der Waals surface area (Å²) in [6.07, 6.45) is 5.46. The van der Waals surface area contributed by atoms with Gasteiger partial charge in [0.25, 0.3) is 0 Å². The van der Waals surface area contributed by atoms with Gasteiger partial charge in [-0.05, 0) is 43.4 Å². The number of hydrogen-bond donors (Lipinski definition) is 2. The second-order valence-electron chi connectivity index (χ2n) is 12.1. The van der Waals surface area contributed by atoms with E-state index in [9.17, 15) is 24.3 Å². The number of nitrogens with one attached hydrogen (secondary N) is 1. The summed E-state index contributed by atoms with van der Waals surface area (Å²) >= 11 is 0. The molecule has 1 amide bonds. The van der Waals surface area contributed by atoms with Crippen molar-refractivity contribution in [3.8, 4) is 5.75 Å². The van der Waals surface area contributed by atoms with Gasteiger partial charge >= 0.3 is 0 Å². The number of benzene rings is 1. The molecule has 9 nitrogen and oxygen atoms in total. The van der Waals surface area contributed by atoms with Crippen LogP contribution in [0.3, 0.4) is 0 Å². The maximum Gasteiger partial charge on any atom is 0.223 e. The smallest absolute Gasteiger partial charge is 0.223 e. The van der Waals surface area contributed by atoms with Crippen LogP contribution < -0.4 is 5.32 Å². The molecule has 3 aliphatic rings. The first-order valence-corrected chi connectivity index (χ1v) is 14.7. The molecular weight excluding hydrogens is 512 g/mol. The Morgan fingerprint density at radius 2 is 1.73 bits per heavy atom.